The molecule has 0 aromatic heterocycles. The van der Waals surface area contributed by atoms with E-state index < -0.39 is 10.0 Å². The lowest BCUT2D eigenvalue weighted by atomic mass is 10.1. The number of nitrogens with zero attached hydrogens (tertiary/aromatic N) is 1. The van der Waals surface area contributed by atoms with Gasteiger partial charge in [-0.25, -0.2) is 12.7 Å². The first-order valence-electron chi connectivity index (χ1n) is 8.41. The van der Waals surface area contributed by atoms with Crippen LogP contribution in [0, 0.1) is 0 Å². The van der Waals surface area contributed by atoms with Crippen LogP contribution in [0.5, 0.6) is 0 Å². The monoisotopic (exact) mass is 350 g/mol. The fourth-order valence-electron chi connectivity index (χ4n) is 2.81. The van der Waals surface area contributed by atoms with Crippen LogP contribution in [0.4, 0.5) is 0 Å². The second kappa shape index (κ2) is 8.44. The molecule has 0 bridgehead atoms. The van der Waals surface area contributed by atoms with Crippen LogP contribution >= 0.6 is 0 Å². The molecule has 0 spiro atoms. The molecule has 2 rings (SSSR count). The fraction of sp³-hybridized carbons (Fsp3) is 0.500. The number of hydrogen-bond donors (Lipinski definition) is 1. The quantitative estimate of drug-likeness (QED) is 0.656. The Bertz CT molecular complexity index is 671. The minimum absolute atomic E-state index is 0.0908. The van der Waals surface area contributed by atoms with Gasteiger partial charge in [-0.1, -0.05) is 37.8 Å². The van der Waals surface area contributed by atoms with E-state index in [1.165, 1.54) is 50.2 Å². The zero-order valence-electron chi connectivity index (χ0n) is 14.4. The number of nitrogens with one attached hydrogen (secondary N) is 1. The first kappa shape index (κ1) is 18.7. The lowest BCUT2D eigenvalue weighted by molar-refractivity contribution is -0.117. The molecule has 1 aromatic rings. The third-order valence-electron chi connectivity index (χ3n) is 4.29. The predicted octanol–water partition coefficient (Wildman–Crippen LogP) is 2.79. The summed E-state index contributed by atoms with van der Waals surface area (Å²) in [7, 11) is -0.416. The fourth-order valence-corrected chi connectivity index (χ4v) is 3.71. The summed E-state index contributed by atoms with van der Waals surface area (Å²) in [6.07, 6.45) is 10.2. The second-order valence-electron chi connectivity index (χ2n) is 6.39. The van der Waals surface area contributed by atoms with Crippen LogP contribution < -0.4 is 5.32 Å². The molecule has 1 aliphatic rings. The minimum Gasteiger partial charge on any atom is -0.350 e. The Kier molecular flexibility index (Phi) is 6.57. The Morgan fingerprint density at radius 3 is 2.21 bits per heavy atom. The van der Waals surface area contributed by atoms with Gasteiger partial charge in [-0.3, -0.25) is 4.79 Å². The van der Waals surface area contributed by atoms with Gasteiger partial charge in [0.1, 0.15) is 0 Å². The van der Waals surface area contributed by atoms with Crippen molar-refractivity contribution in [1.29, 1.82) is 0 Å². The normalized spacial score (nSPS) is 17.1. The van der Waals surface area contributed by atoms with Crippen LogP contribution in [0.1, 0.15) is 44.1 Å². The maximum atomic E-state index is 12.0. The molecular formula is C18H26N2O3S. The Hall–Kier alpha value is -1.66. The summed E-state index contributed by atoms with van der Waals surface area (Å²) in [5.74, 6) is -0.0908. The Balaban J connectivity index is 1.95. The number of sulfonamides is 1. The van der Waals surface area contributed by atoms with E-state index in [0.717, 1.165) is 18.4 Å². The number of hydrogen-bond acceptors (Lipinski definition) is 3. The molecule has 1 amide bonds. The summed E-state index contributed by atoms with van der Waals surface area (Å²) in [5, 5.41) is 3.05. The van der Waals surface area contributed by atoms with Gasteiger partial charge >= 0.3 is 0 Å². The van der Waals surface area contributed by atoms with Gasteiger partial charge in [0.05, 0.1) is 4.90 Å². The molecule has 1 aromatic carbocycles. The van der Waals surface area contributed by atoms with Crippen LogP contribution in [0.3, 0.4) is 0 Å². The van der Waals surface area contributed by atoms with Crippen LogP contribution in [-0.2, 0) is 14.8 Å². The average Bonchev–Trinajstić information content (AvgIpc) is 2.82. The summed E-state index contributed by atoms with van der Waals surface area (Å²) < 4.78 is 25.2. The van der Waals surface area contributed by atoms with Crippen LogP contribution in [-0.4, -0.2) is 38.8 Å². The molecule has 0 saturated heterocycles. The van der Waals surface area contributed by atoms with Gasteiger partial charge in [0.15, 0.2) is 0 Å². The lowest BCUT2D eigenvalue weighted by Crippen LogP contribution is -2.33. The maximum absolute atomic E-state index is 12.0. The van der Waals surface area contributed by atoms with Crippen molar-refractivity contribution in [3.63, 3.8) is 0 Å². The SMILES string of the molecule is CN(C)S(=O)(=O)c1ccc(/C=C/C(=O)NC2CCCCCC2)cc1. The van der Waals surface area contributed by atoms with Gasteiger partial charge in [0.25, 0.3) is 0 Å². The van der Waals surface area contributed by atoms with Crippen molar-refractivity contribution in [2.75, 3.05) is 14.1 Å². The van der Waals surface area contributed by atoms with E-state index in [-0.39, 0.29) is 16.8 Å². The average molecular weight is 350 g/mol. The van der Waals surface area contributed by atoms with Crippen LogP contribution in [0.25, 0.3) is 6.08 Å². The topological polar surface area (TPSA) is 66.5 Å². The molecule has 6 heteroatoms. The van der Waals surface area contributed by atoms with Gasteiger partial charge in [-0.2, -0.15) is 0 Å². The highest BCUT2D eigenvalue weighted by Gasteiger charge is 2.16. The molecule has 0 heterocycles. The van der Waals surface area contributed by atoms with Crippen molar-refractivity contribution >= 4 is 22.0 Å². The third-order valence-corrected chi connectivity index (χ3v) is 6.12. The highest BCUT2D eigenvalue weighted by molar-refractivity contribution is 7.89. The first-order valence-corrected chi connectivity index (χ1v) is 9.85. The molecule has 132 valence electrons. The van der Waals surface area contributed by atoms with Crippen LogP contribution in [0.15, 0.2) is 35.2 Å². The molecule has 0 atom stereocenters. The lowest BCUT2D eigenvalue weighted by Gasteiger charge is -2.14. The van der Waals surface area contributed by atoms with E-state index in [2.05, 4.69) is 5.32 Å². The van der Waals surface area contributed by atoms with E-state index in [0.29, 0.717) is 0 Å². The number of carbonyl (C=O) groups excluding carboxylic acids is 1. The zero-order chi connectivity index (χ0) is 17.6. The predicted molar refractivity (Wildman–Crippen MR) is 96.0 cm³/mol. The maximum Gasteiger partial charge on any atom is 0.244 e. The molecule has 1 fully saturated rings. The molecule has 0 aliphatic heterocycles. The summed E-state index contributed by atoms with van der Waals surface area (Å²) in [6, 6.07) is 6.78. The van der Waals surface area contributed by atoms with E-state index in [1.54, 1.807) is 30.3 Å². The van der Waals surface area contributed by atoms with E-state index >= 15 is 0 Å². The van der Waals surface area contributed by atoms with E-state index in [4.69, 9.17) is 0 Å². The van der Waals surface area contributed by atoms with Crippen LogP contribution in [0.2, 0.25) is 0 Å². The first-order chi connectivity index (χ1) is 11.4. The molecule has 24 heavy (non-hydrogen) atoms. The highest BCUT2D eigenvalue weighted by Crippen LogP contribution is 2.17. The Morgan fingerprint density at radius 2 is 1.67 bits per heavy atom. The molecule has 0 unspecified atom stereocenters. The molecule has 1 N–H and O–H groups in total. The smallest absolute Gasteiger partial charge is 0.244 e. The van der Waals surface area contributed by atoms with E-state index in [1.807, 2.05) is 0 Å². The Labute approximate surface area is 144 Å². The van der Waals surface area contributed by atoms with Crippen molar-refractivity contribution < 1.29 is 13.2 Å². The van der Waals surface area contributed by atoms with Crippen molar-refractivity contribution in [2.24, 2.45) is 0 Å². The number of rotatable bonds is 5. The van der Waals surface area contributed by atoms with Gasteiger partial charge in [-0.05, 0) is 36.6 Å². The van der Waals surface area contributed by atoms with Gasteiger partial charge in [0.2, 0.25) is 15.9 Å². The molecule has 0 radical (unpaired) electrons. The molecule has 1 saturated carbocycles. The van der Waals surface area contributed by atoms with Crippen molar-refractivity contribution in [3.05, 3.63) is 35.9 Å². The third kappa shape index (κ3) is 5.18. The zero-order valence-corrected chi connectivity index (χ0v) is 15.2. The standard InChI is InChI=1S/C18H26N2O3S/c1-20(2)24(22,23)17-12-9-15(10-13-17)11-14-18(21)19-16-7-5-3-4-6-8-16/h9-14,16H,3-8H2,1-2H3,(H,19,21)/b14-11+. The molecular weight excluding hydrogens is 324 g/mol. The summed E-state index contributed by atoms with van der Waals surface area (Å²) in [4.78, 5) is 12.3. The largest absolute Gasteiger partial charge is 0.350 e. The second-order valence-corrected chi connectivity index (χ2v) is 8.54. The number of benzene rings is 1. The van der Waals surface area contributed by atoms with Crippen molar-refractivity contribution in [2.45, 2.75) is 49.5 Å². The summed E-state index contributed by atoms with van der Waals surface area (Å²) >= 11 is 0. The number of carbonyl (C=O) groups is 1. The Morgan fingerprint density at radius 1 is 1.08 bits per heavy atom. The van der Waals surface area contributed by atoms with Gasteiger partial charge in [0, 0.05) is 26.2 Å². The van der Waals surface area contributed by atoms with Crippen molar-refractivity contribution in [3.8, 4) is 0 Å². The number of amides is 1. The summed E-state index contributed by atoms with van der Waals surface area (Å²) in [6.45, 7) is 0. The van der Waals surface area contributed by atoms with E-state index in [9.17, 15) is 13.2 Å². The van der Waals surface area contributed by atoms with Gasteiger partial charge < -0.3 is 5.32 Å². The van der Waals surface area contributed by atoms with Crippen molar-refractivity contribution in [1.82, 2.24) is 9.62 Å². The van der Waals surface area contributed by atoms with Gasteiger partial charge in [-0.15, -0.1) is 0 Å². The minimum atomic E-state index is -3.42. The summed E-state index contributed by atoms with van der Waals surface area (Å²) in [5.41, 5.74) is 0.795. The molecule has 1 aliphatic carbocycles. The highest BCUT2D eigenvalue weighted by atomic mass is 32.2. The molecule has 5 nitrogen and oxygen atoms in total.